The molecule has 2 rings (SSSR count). The number of carbonyl (C=O) groups is 1. The van der Waals surface area contributed by atoms with E-state index in [9.17, 15) is 13.2 Å². The Morgan fingerprint density at radius 1 is 1.12 bits per heavy atom. The first-order chi connectivity index (χ1) is 12.0. The van der Waals surface area contributed by atoms with Crippen LogP contribution >= 0.6 is 0 Å². The molecule has 0 bridgehead atoms. The lowest BCUT2D eigenvalue weighted by atomic mass is 10.3. The predicted molar refractivity (Wildman–Crippen MR) is 91.5 cm³/mol. The largest absolute Gasteiger partial charge is 0.497 e. The van der Waals surface area contributed by atoms with Crippen molar-refractivity contribution in [3.05, 3.63) is 54.4 Å². The third kappa shape index (κ3) is 5.01. The van der Waals surface area contributed by atoms with Crippen molar-refractivity contribution in [3.8, 4) is 5.75 Å². The molecule has 0 saturated carbocycles. The maximum atomic E-state index is 12.9. The van der Waals surface area contributed by atoms with Crippen molar-refractivity contribution in [2.75, 3.05) is 20.3 Å². The Bertz CT molecular complexity index is 792. The number of carbonyl (C=O) groups excluding carboxylic acids is 1. The number of hydrogen-bond donors (Lipinski definition) is 0. The number of sulfonamides is 1. The number of pyridine rings is 1. The molecule has 1 heterocycles. The van der Waals surface area contributed by atoms with Crippen LogP contribution in [-0.4, -0.2) is 43.9 Å². The van der Waals surface area contributed by atoms with Gasteiger partial charge in [-0.15, -0.1) is 0 Å². The molecule has 0 unspecified atom stereocenters. The van der Waals surface area contributed by atoms with Gasteiger partial charge in [-0.3, -0.25) is 9.78 Å². The average Bonchev–Trinajstić information content (AvgIpc) is 2.62. The summed E-state index contributed by atoms with van der Waals surface area (Å²) in [6, 6.07) is 9.39. The van der Waals surface area contributed by atoms with Crippen LogP contribution in [0.25, 0.3) is 0 Å². The summed E-state index contributed by atoms with van der Waals surface area (Å²) < 4.78 is 36.9. The van der Waals surface area contributed by atoms with E-state index in [1.54, 1.807) is 43.6 Å². The topological polar surface area (TPSA) is 85.8 Å². The number of nitrogens with zero attached hydrogens (tertiary/aromatic N) is 2. The van der Waals surface area contributed by atoms with E-state index in [0.717, 1.165) is 9.87 Å². The molecule has 2 aromatic rings. The van der Waals surface area contributed by atoms with Gasteiger partial charge in [-0.2, -0.15) is 4.31 Å². The molecule has 1 aromatic heterocycles. The summed E-state index contributed by atoms with van der Waals surface area (Å²) in [5.41, 5.74) is 0.719. The average molecular weight is 364 g/mol. The smallest absolute Gasteiger partial charge is 0.321 e. The van der Waals surface area contributed by atoms with Crippen LogP contribution in [0.4, 0.5) is 0 Å². The summed E-state index contributed by atoms with van der Waals surface area (Å²) in [4.78, 5) is 15.8. The molecule has 0 saturated heterocycles. The van der Waals surface area contributed by atoms with E-state index in [1.807, 2.05) is 0 Å². The Labute approximate surface area is 147 Å². The van der Waals surface area contributed by atoms with E-state index in [-0.39, 0.29) is 24.6 Å². The van der Waals surface area contributed by atoms with Gasteiger partial charge in [0.2, 0.25) is 10.0 Å². The Morgan fingerprint density at radius 2 is 1.76 bits per heavy atom. The van der Waals surface area contributed by atoms with Crippen molar-refractivity contribution in [1.82, 2.24) is 9.29 Å². The summed E-state index contributed by atoms with van der Waals surface area (Å²) >= 11 is 0. The van der Waals surface area contributed by atoms with Gasteiger partial charge in [0.15, 0.2) is 0 Å². The molecule has 0 N–H and O–H groups in total. The van der Waals surface area contributed by atoms with Gasteiger partial charge in [-0.25, -0.2) is 8.42 Å². The van der Waals surface area contributed by atoms with Crippen LogP contribution < -0.4 is 4.74 Å². The van der Waals surface area contributed by atoms with Gasteiger partial charge in [0.1, 0.15) is 12.3 Å². The van der Waals surface area contributed by atoms with Crippen LogP contribution in [0.3, 0.4) is 0 Å². The van der Waals surface area contributed by atoms with E-state index in [0.29, 0.717) is 5.75 Å². The fourth-order valence-corrected chi connectivity index (χ4v) is 3.54. The van der Waals surface area contributed by atoms with Gasteiger partial charge in [-0.1, -0.05) is 0 Å². The molecule has 0 spiro atoms. The van der Waals surface area contributed by atoms with E-state index >= 15 is 0 Å². The van der Waals surface area contributed by atoms with E-state index in [2.05, 4.69) is 4.98 Å². The van der Waals surface area contributed by atoms with Gasteiger partial charge in [0, 0.05) is 18.9 Å². The molecule has 8 heteroatoms. The van der Waals surface area contributed by atoms with Crippen LogP contribution in [0, 0.1) is 0 Å². The highest BCUT2D eigenvalue weighted by molar-refractivity contribution is 7.89. The maximum absolute atomic E-state index is 12.9. The lowest BCUT2D eigenvalue weighted by Crippen LogP contribution is -2.36. The second-order valence-corrected chi connectivity index (χ2v) is 7.05. The highest BCUT2D eigenvalue weighted by Crippen LogP contribution is 2.21. The highest BCUT2D eigenvalue weighted by Gasteiger charge is 2.27. The third-order valence-corrected chi connectivity index (χ3v) is 5.22. The summed E-state index contributed by atoms with van der Waals surface area (Å²) in [7, 11) is -2.38. The first kappa shape index (κ1) is 18.9. The predicted octanol–water partition coefficient (Wildman–Crippen LogP) is 1.84. The lowest BCUT2D eigenvalue weighted by molar-refractivity contribution is -0.143. The molecule has 0 radical (unpaired) electrons. The molecule has 0 aliphatic heterocycles. The Balaban J connectivity index is 2.32. The minimum absolute atomic E-state index is 0.0374. The summed E-state index contributed by atoms with van der Waals surface area (Å²) in [5, 5.41) is 0. The zero-order valence-electron chi connectivity index (χ0n) is 14.1. The van der Waals surface area contributed by atoms with Crippen LogP contribution in [0.2, 0.25) is 0 Å². The van der Waals surface area contributed by atoms with Crippen molar-refractivity contribution in [2.24, 2.45) is 0 Å². The van der Waals surface area contributed by atoms with Crippen molar-refractivity contribution in [1.29, 1.82) is 0 Å². The fourth-order valence-electron chi connectivity index (χ4n) is 2.17. The summed E-state index contributed by atoms with van der Waals surface area (Å²) in [6.07, 6.45) is 3.13. The first-order valence-corrected chi connectivity index (χ1v) is 9.10. The van der Waals surface area contributed by atoms with Gasteiger partial charge >= 0.3 is 5.97 Å². The molecule has 25 heavy (non-hydrogen) atoms. The van der Waals surface area contributed by atoms with Crippen molar-refractivity contribution in [3.63, 3.8) is 0 Å². The lowest BCUT2D eigenvalue weighted by Gasteiger charge is -2.21. The van der Waals surface area contributed by atoms with Crippen molar-refractivity contribution < 1.29 is 22.7 Å². The van der Waals surface area contributed by atoms with E-state index in [4.69, 9.17) is 9.47 Å². The number of benzene rings is 1. The number of ether oxygens (including phenoxy) is 2. The molecule has 7 nitrogen and oxygen atoms in total. The van der Waals surface area contributed by atoms with Gasteiger partial charge in [-0.05, 0) is 48.9 Å². The Hall–Kier alpha value is -2.45. The SMILES string of the molecule is CCOC(=O)CN(Cc1ccncc1)S(=O)(=O)c1ccc(OC)cc1. The van der Waals surface area contributed by atoms with Gasteiger partial charge in [0.05, 0.1) is 18.6 Å². The molecule has 0 fully saturated rings. The molecule has 0 aliphatic rings. The molecular formula is C17H20N2O5S. The Morgan fingerprint density at radius 3 is 2.32 bits per heavy atom. The second kappa shape index (κ2) is 8.59. The summed E-state index contributed by atoms with van der Waals surface area (Å²) in [5.74, 6) is -0.0568. The van der Waals surface area contributed by atoms with Crippen LogP contribution in [0.15, 0.2) is 53.7 Å². The standard InChI is InChI=1S/C17H20N2O5S/c1-3-24-17(20)13-19(12-14-8-10-18-11-9-14)25(21,22)16-6-4-15(23-2)5-7-16/h4-11H,3,12-13H2,1-2H3. The zero-order valence-corrected chi connectivity index (χ0v) is 14.9. The maximum Gasteiger partial charge on any atom is 0.321 e. The number of aromatic nitrogens is 1. The zero-order chi connectivity index (χ0) is 18.3. The van der Waals surface area contributed by atoms with Crippen molar-refractivity contribution in [2.45, 2.75) is 18.4 Å². The van der Waals surface area contributed by atoms with Gasteiger partial charge < -0.3 is 9.47 Å². The van der Waals surface area contributed by atoms with E-state index < -0.39 is 16.0 Å². The van der Waals surface area contributed by atoms with Crippen LogP contribution in [-0.2, 0) is 26.1 Å². The number of rotatable bonds is 8. The minimum atomic E-state index is -3.88. The normalized spacial score (nSPS) is 11.3. The quantitative estimate of drug-likeness (QED) is 0.665. The first-order valence-electron chi connectivity index (χ1n) is 7.66. The number of hydrogen-bond acceptors (Lipinski definition) is 6. The monoisotopic (exact) mass is 364 g/mol. The fraction of sp³-hybridized carbons (Fsp3) is 0.294. The number of methoxy groups -OCH3 is 1. The molecule has 134 valence electrons. The van der Waals surface area contributed by atoms with Crippen molar-refractivity contribution >= 4 is 16.0 Å². The second-order valence-electron chi connectivity index (χ2n) is 5.11. The molecular weight excluding hydrogens is 344 g/mol. The van der Waals surface area contributed by atoms with Crippen LogP contribution in [0.5, 0.6) is 5.75 Å². The summed E-state index contributed by atoms with van der Waals surface area (Å²) in [6.45, 7) is 1.52. The van der Waals surface area contributed by atoms with E-state index in [1.165, 1.54) is 19.2 Å². The molecule has 1 aromatic carbocycles. The molecule has 0 aliphatic carbocycles. The Kier molecular flexibility index (Phi) is 6.49. The molecule has 0 atom stereocenters. The highest BCUT2D eigenvalue weighted by atomic mass is 32.2. The third-order valence-electron chi connectivity index (χ3n) is 3.42. The number of esters is 1. The molecule has 0 amide bonds. The van der Waals surface area contributed by atoms with Gasteiger partial charge in [0.25, 0.3) is 0 Å². The van der Waals surface area contributed by atoms with Crippen LogP contribution in [0.1, 0.15) is 12.5 Å². The minimum Gasteiger partial charge on any atom is -0.497 e.